The highest BCUT2D eigenvalue weighted by atomic mass is 15.1. The fourth-order valence-corrected chi connectivity index (χ4v) is 1.22. The molecule has 0 saturated heterocycles. The molecule has 0 fully saturated rings. The molecular formula is C11H17N5. The predicted octanol–water partition coefficient (Wildman–Crippen LogP) is 1.93. The molecule has 1 aromatic rings. The van der Waals surface area contributed by atoms with Gasteiger partial charge in [-0.1, -0.05) is 6.92 Å². The van der Waals surface area contributed by atoms with Crippen LogP contribution in [0.2, 0.25) is 0 Å². The smallest absolute Gasteiger partial charge is 0.132 e. The second-order valence-corrected chi connectivity index (χ2v) is 3.65. The third-order valence-electron chi connectivity index (χ3n) is 2.19. The molecule has 2 N–H and O–H groups in total. The first-order valence-electron chi connectivity index (χ1n) is 5.38. The van der Waals surface area contributed by atoms with Crippen LogP contribution in [0.4, 0.5) is 11.6 Å². The Bertz CT molecular complexity index is 382. The van der Waals surface area contributed by atoms with E-state index in [4.69, 9.17) is 5.26 Å². The number of hydrogen-bond acceptors (Lipinski definition) is 5. The van der Waals surface area contributed by atoms with Gasteiger partial charge in [-0.25, -0.2) is 9.97 Å². The van der Waals surface area contributed by atoms with Crippen LogP contribution in [0.5, 0.6) is 0 Å². The summed E-state index contributed by atoms with van der Waals surface area (Å²) in [6, 6.07) is 4.20. The Labute approximate surface area is 95.9 Å². The highest BCUT2D eigenvalue weighted by molar-refractivity contribution is 5.48. The zero-order valence-corrected chi connectivity index (χ0v) is 9.91. The number of nitrogens with one attached hydrogen (secondary N) is 2. The number of aromatic nitrogens is 2. The summed E-state index contributed by atoms with van der Waals surface area (Å²) in [5.74, 6) is 2.16. The van der Waals surface area contributed by atoms with Gasteiger partial charge in [0.1, 0.15) is 24.0 Å². The lowest BCUT2D eigenvalue weighted by molar-refractivity contribution is 0.757. The van der Waals surface area contributed by atoms with Crippen LogP contribution in [0.3, 0.4) is 0 Å². The van der Waals surface area contributed by atoms with Gasteiger partial charge in [0.2, 0.25) is 0 Å². The summed E-state index contributed by atoms with van der Waals surface area (Å²) in [6.45, 7) is 6.29. The molecule has 1 atom stereocenters. The molecule has 5 heteroatoms. The quantitative estimate of drug-likeness (QED) is 0.740. The fourth-order valence-electron chi connectivity index (χ4n) is 1.22. The van der Waals surface area contributed by atoms with Gasteiger partial charge in [0, 0.05) is 12.1 Å². The van der Waals surface area contributed by atoms with Gasteiger partial charge in [-0.15, -0.1) is 0 Å². The normalized spacial score (nSPS) is 11.6. The van der Waals surface area contributed by atoms with Crippen molar-refractivity contribution in [1.29, 1.82) is 5.26 Å². The van der Waals surface area contributed by atoms with Crippen LogP contribution in [-0.4, -0.2) is 22.6 Å². The Morgan fingerprint density at radius 2 is 2.12 bits per heavy atom. The van der Waals surface area contributed by atoms with E-state index in [1.807, 2.05) is 19.1 Å². The predicted molar refractivity (Wildman–Crippen MR) is 64.2 cm³/mol. The molecule has 1 aromatic heterocycles. The highest BCUT2D eigenvalue weighted by Crippen LogP contribution is 2.12. The summed E-state index contributed by atoms with van der Waals surface area (Å²) in [4.78, 5) is 8.48. The molecule has 0 aromatic carbocycles. The molecular weight excluding hydrogens is 202 g/mol. The molecule has 0 bridgehead atoms. The van der Waals surface area contributed by atoms with Crippen molar-refractivity contribution in [1.82, 2.24) is 9.97 Å². The maximum Gasteiger partial charge on any atom is 0.132 e. The van der Waals surface area contributed by atoms with Crippen LogP contribution < -0.4 is 10.6 Å². The van der Waals surface area contributed by atoms with Gasteiger partial charge in [0.05, 0.1) is 6.07 Å². The third-order valence-corrected chi connectivity index (χ3v) is 2.19. The Morgan fingerprint density at radius 3 is 2.75 bits per heavy atom. The van der Waals surface area contributed by atoms with Crippen LogP contribution in [0.15, 0.2) is 6.07 Å². The van der Waals surface area contributed by atoms with Gasteiger partial charge >= 0.3 is 0 Å². The molecule has 1 rings (SSSR count). The summed E-state index contributed by atoms with van der Waals surface area (Å²) in [7, 11) is 0. The molecule has 0 spiro atoms. The number of nitrogens with zero attached hydrogens (tertiary/aromatic N) is 3. The summed E-state index contributed by atoms with van der Waals surface area (Å²) in [5.41, 5.74) is 0. The lowest BCUT2D eigenvalue weighted by Crippen LogP contribution is -2.15. The first-order valence-corrected chi connectivity index (χ1v) is 5.38. The SMILES string of the molecule is CCC(C)Nc1cc(NCC#N)nc(C)n1. The van der Waals surface area contributed by atoms with E-state index in [0.29, 0.717) is 17.7 Å². The fraction of sp³-hybridized carbons (Fsp3) is 0.545. The Morgan fingerprint density at radius 1 is 1.44 bits per heavy atom. The van der Waals surface area contributed by atoms with Crippen LogP contribution in [0.25, 0.3) is 0 Å². The first kappa shape index (κ1) is 12.2. The van der Waals surface area contributed by atoms with Crippen molar-refractivity contribution < 1.29 is 0 Å². The van der Waals surface area contributed by atoms with Crippen LogP contribution in [-0.2, 0) is 0 Å². The number of aryl methyl sites for hydroxylation is 1. The number of rotatable bonds is 5. The molecule has 1 heterocycles. The molecule has 0 aliphatic heterocycles. The van der Waals surface area contributed by atoms with E-state index in [1.54, 1.807) is 0 Å². The Kier molecular flexibility index (Phi) is 4.52. The Hall–Kier alpha value is -1.83. The lowest BCUT2D eigenvalue weighted by atomic mass is 10.2. The zero-order chi connectivity index (χ0) is 12.0. The highest BCUT2D eigenvalue weighted by Gasteiger charge is 2.03. The van der Waals surface area contributed by atoms with Crippen molar-refractivity contribution in [3.63, 3.8) is 0 Å². The van der Waals surface area contributed by atoms with Crippen molar-refractivity contribution in [3.8, 4) is 6.07 Å². The van der Waals surface area contributed by atoms with Crippen molar-refractivity contribution in [2.45, 2.75) is 33.2 Å². The van der Waals surface area contributed by atoms with Gasteiger partial charge < -0.3 is 10.6 Å². The monoisotopic (exact) mass is 219 g/mol. The third kappa shape index (κ3) is 3.73. The van der Waals surface area contributed by atoms with E-state index in [-0.39, 0.29) is 6.54 Å². The van der Waals surface area contributed by atoms with Crippen LogP contribution in [0.1, 0.15) is 26.1 Å². The van der Waals surface area contributed by atoms with E-state index in [9.17, 15) is 0 Å². The van der Waals surface area contributed by atoms with Crippen molar-refractivity contribution >= 4 is 11.6 Å². The van der Waals surface area contributed by atoms with Gasteiger partial charge in [-0.2, -0.15) is 5.26 Å². The van der Waals surface area contributed by atoms with E-state index in [1.165, 1.54) is 0 Å². The first-order chi connectivity index (χ1) is 7.65. The molecule has 86 valence electrons. The minimum absolute atomic E-state index is 0.249. The average Bonchev–Trinajstić information content (AvgIpc) is 2.25. The van der Waals surface area contributed by atoms with E-state index in [0.717, 1.165) is 12.2 Å². The van der Waals surface area contributed by atoms with Gasteiger partial charge in [-0.05, 0) is 20.3 Å². The summed E-state index contributed by atoms with van der Waals surface area (Å²) in [6.07, 6.45) is 1.03. The lowest BCUT2D eigenvalue weighted by Gasteiger charge is -2.13. The van der Waals surface area contributed by atoms with Crippen LogP contribution in [0, 0.1) is 18.3 Å². The molecule has 0 amide bonds. The number of nitriles is 1. The van der Waals surface area contributed by atoms with Crippen LogP contribution >= 0.6 is 0 Å². The van der Waals surface area contributed by atoms with Crippen molar-refractivity contribution in [2.75, 3.05) is 17.2 Å². The molecule has 5 nitrogen and oxygen atoms in total. The second kappa shape index (κ2) is 5.91. The van der Waals surface area contributed by atoms with Gasteiger partial charge in [0.25, 0.3) is 0 Å². The summed E-state index contributed by atoms with van der Waals surface area (Å²) in [5, 5.41) is 14.7. The van der Waals surface area contributed by atoms with Gasteiger partial charge in [0.15, 0.2) is 0 Å². The minimum atomic E-state index is 0.249. The summed E-state index contributed by atoms with van der Waals surface area (Å²) < 4.78 is 0. The average molecular weight is 219 g/mol. The molecule has 16 heavy (non-hydrogen) atoms. The Balaban J connectivity index is 2.77. The maximum atomic E-state index is 8.48. The molecule has 1 unspecified atom stereocenters. The van der Waals surface area contributed by atoms with Crippen molar-refractivity contribution in [2.24, 2.45) is 0 Å². The standard InChI is InChI=1S/C11H17N5/c1-4-8(2)14-11-7-10(13-6-5-12)15-9(3)16-11/h7-8H,4,6H2,1-3H3,(H2,13,14,15,16). The maximum absolute atomic E-state index is 8.48. The zero-order valence-electron chi connectivity index (χ0n) is 9.91. The topological polar surface area (TPSA) is 73.6 Å². The number of anilines is 2. The molecule has 0 saturated carbocycles. The van der Waals surface area contributed by atoms with Crippen molar-refractivity contribution in [3.05, 3.63) is 11.9 Å². The molecule has 0 aliphatic rings. The van der Waals surface area contributed by atoms with E-state index < -0.39 is 0 Å². The minimum Gasteiger partial charge on any atom is -0.367 e. The largest absolute Gasteiger partial charge is 0.367 e. The summed E-state index contributed by atoms with van der Waals surface area (Å²) >= 11 is 0. The van der Waals surface area contributed by atoms with E-state index in [2.05, 4.69) is 34.4 Å². The number of hydrogen-bond donors (Lipinski definition) is 2. The molecule has 0 radical (unpaired) electrons. The van der Waals surface area contributed by atoms with Gasteiger partial charge in [-0.3, -0.25) is 0 Å². The molecule has 0 aliphatic carbocycles. The van der Waals surface area contributed by atoms with E-state index >= 15 is 0 Å². The second-order valence-electron chi connectivity index (χ2n) is 3.65.